The lowest BCUT2D eigenvalue weighted by Crippen LogP contribution is -2.29. The van der Waals surface area contributed by atoms with Crippen LogP contribution in [0.25, 0.3) is 0 Å². The summed E-state index contributed by atoms with van der Waals surface area (Å²) in [6.45, 7) is 1.65. The number of carbonyl (C=O) groups is 1. The van der Waals surface area contributed by atoms with Crippen LogP contribution in [0.15, 0.2) is 24.3 Å². The summed E-state index contributed by atoms with van der Waals surface area (Å²) in [4.78, 5) is 22.2. The maximum atomic E-state index is 12.1. The number of hydrogen-bond donors (Lipinski definition) is 0. The number of nitro benzene ring substituents is 1. The largest absolute Gasteiger partial charge is 0.355 e. The molecule has 6 heteroatoms. The van der Waals surface area contributed by atoms with Gasteiger partial charge in [-0.25, -0.2) is 0 Å². The Labute approximate surface area is 105 Å². The fraction of sp³-hybridized carbons (Fsp3) is 0.417. The van der Waals surface area contributed by atoms with Gasteiger partial charge in [0.1, 0.15) is 0 Å². The molecule has 0 aromatic heterocycles. The molecule has 0 fully saturated rings. The molecule has 0 saturated heterocycles. The van der Waals surface area contributed by atoms with Crippen LogP contribution in [0.5, 0.6) is 0 Å². The molecule has 18 heavy (non-hydrogen) atoms. The molecule has 98 valence electrons. The number of non-ortho nitro benzene ring substituents is 1. The number of hydrogen-bond acceptors (Lipinski definition) is 5. The highest BCUT2D eigenvalue weighted by Crippen LogP contribution is 2.19. The topological polar surface area (TPSA) is 78.7 Å². The van der Waals surface area contributed by atoms with Crippen molar-refractivity contribution in [2.24, 2.45) is 5.92 Å². The molecule has 0 aliphatic heterocycles. The highest BCUT2D eigenvalue weighted by atomic mass is 16.7. The van der Waals surface area contributed by atoms with E-state index in [0.717, 1.165) is 0 Å². The molecule has 0 N–H and O–H groups in total. The average molecular weight is 253 g/mol. The van der Waals surface area contributed by atoms with Crippen molar-refractivity contribution in [1.29, 1.82) is 0 Å². The van der Waals surface area contributed by atoms with Gasteiger partial charge in [-0.05, 0) is 0 Å². The van der Waals surface area contributed by atoms with E-state index in [1.54, 1.807) is 6.92 Å². The summed E-state index contributed by atoms with van der Waals surface area (Å²) in [6.07, 6.45) is -0.670. The van der Waals surface area contributed by atoms with Gasteiger partial charge in [-0.3, -0.25) is 14.9 Å². The van der Waals surface area contributed by atoms with Gasteiger partial charge >= 0.3 is 0 Å². The Balaban J connectivity index is 2.96. The number of nitrogens with zero attached hydrogens (tertiary/aromatic N) is 1. The first-order chi connectivity index (χ1) is 8.51. The number of rotatable bonds is 6. The van der Waals surface area contributed by atoms with Crippen LogP contribution >= 0.6 is 0 Å². The summed E-state index contributed by atoms with van der Waals surface area (Å²) >= 11 is 0. The van der Waals surface area contributed by atoms with E-state index in [1.807, 2.05) is 0 Å². The van der Waals surface area contributed by atoms with Crippen molar-refractivity contribution < 1.29 is 19.2 Å². The molecule has 1 atom stereocenters. The molecule has 6 nitrogen and oxygen atoms in total. The minimum Gasteiger partial charge on any atom is -0.355 e. The van der Waals surface area contributed by atoms with Gasteiger partial charge in [-0.15, -0.1) is 0 Å². The zero-order valence-electron chi connectivity index (χ0n) is 10.5. The first kappa shape index (κ1) is 14.3. The minimum atomic E-state index is -0.670. The Hall–Kier alpha value is -1.79. The number of carbonyl (C=O) groups excluding carboxylic acids is 1. The lowest BCUT2D eigenvalue weighted by atomic mass is 9.98. The van der Waals surface area contributed by atoms with Gasteiger partial charge in [0.2, 0.25) is 0 Å². The average Bonchev–Trinajstić information content (AvgIpc) is 2.39. The summed E-state index contributed by atoms with van der Waals surface area (Å²) in [6, 6.07) is 5.60. The van der Waals surface area contributed by atoms with Gasteiger partial charge < -0.3 is 9.47 Å². The summed E-state index contributed by atoms with van der Waals surface area (Å²) in [5.74, 6) is -0.797. The molecule has 1 unspecified atom stereocenters. The third-order valence-corrected chi connectivity index (χ3v) is 2.63. The van der Waals surface area contributed by atoms with Crippen LogP contribution in [-0.4, -0.2) is 31.2 Å². The Morgan fingerprint density at radius 3 is 2.44 bits per heavy atom. The van der Waals surface area contributed by atoms with Crippen molar-refractivity contribution in [3.05, 3.63) is 39.9 Å². The highest BCUT2D eigenvalue weighted by Gasteiger charge is 2.25. The maximum absolute atomic E-state index is 12.1. The van der Waals surface area contributed by atoms with Gasteiger partial charge in [0, 0.05) is 31.9 Å². The van der Waals surface area contributed by atoms with E-state index >= 15 is 0 Å². The second kappa shape index (κ2) is 6.23. The summed E-state index contributed by atoms with van der Waals surface area (Å²) in [5, 5.41) is 10.6. The summed E-state index contributed by atoms with van der Waals surface area (Å²) < 4.78 is 10.0. The van der Waals surface area contributed by atoms with Crippen molar-refractivity contribution in [1.82, 2.24) is 0 Å². The molecule has 1 aromatic rings. The van der Waals surface area contributed by atoms with Crippen molar-refractivity contribution in [3.63, 3.8) is 0 Å². The molecule has 0 bridgehead atoms. The number of ether oxygens (including phenoxy) is 2. The van der Waals surface area contributed by atoms with Crippen molar-refractivity contribution in [3.8, 4) is 0 Å². The molecule has 0 heterocycles. The molecule has 1 aromatic carbocycles. The summed E-state index contributed by atoms with van der Waals surface area (Å²) in [7, 11) is 2.87. The number of ketones is 1. The smallest absolute Gasteiger partial charge is 0.270 e. The molecule has 0 amide bonds. The number of benzene rings is 1. The van der Waals surface area contributed by atoms with Gasteiger partial charge in [-0.2, -0.15) is 0 Å². The highest BCUT2D eigenvalue weighted by molar-refractivity contribution is 5.98. The fourth-order valence-corrected chi connectivity index (χ4v) is 1.66. The van der Waals surface area contributed by atoms with E-state index in [-0.39, 0.29) is 17.0 Å². The van der Waals surface area contributed by atoms with E-state index in [9.17, 15) is 14.9 Å². The van der Waals surface area contributed by atoms with Crippen molar-refractivity contribution in [2.75, 3.05) is 14.2 Å². The van der Waals surface area contributed by atoms with E-state index in [1.165, 1.54) is 38.5 Å². The lowest BCUT2D eigenvalue weighted by molar-refractivity contribution is -0.384. The molecule has 0 saturated carbocycles. The molecule has 0 radical (unpaired) electrons. The maximum Gasteiger partial charge on any atom is 0.270 e. The van der Waals surface area contributed by atoms with Crippen LogP contribution in [0.2, 0.25) is 0 Å². The molecule has 0 aliphatic carbocycles. The van der Waals surface area contributed by atoms with Crippen LogP contribution in [0, 0.1) is 16.0 Å². The van der Waals surface area contributed by atoms with Crippen LogP contribution < -0.4 is 0 Å². The normalized spacial score (nSPS) is 12.4. The second-order valence-electron chi connectivity index (χ2n) is 3.80. The Morgan fingerprint density at radius 1 is 1.33 bits per heavy atom. The third kappa shape index (κ3) is 3.12. The van der Waals surface area contributed by atoms with Crippen LogP contribution in [0.4, 0.5) is 5.69 Å². The monoisotopic (exact) mass is 253 g/mol. The molecular formula is C12H15NO5. The minimum absolute atomic E-state index is 0.112. The number of Topliss-reactive ketones (excluding diaryl/α,β-unsaturated/α-hetero) is 1. The third-order valence-electron chi connectivity index (χ3n) is 2.63. The zero-order valence-corrected chi connectivity index (χ0v) is 10.5. The Bertz CT molecular complexity index is 442. The van der Waals surface area contributed by atoms with Gasteiger partial charge in [0.15, 0.2) is 12.1 Å². The van der Waals surface area contributed by atoms with Crippen LogP contribution in [-0.2, 0) is 9.47 Å². The molecule has 1 rings (SSSR count). The van der Waals surface area contributed by atoms with E-state index in [2.05, 4.69) is 0 Å². The molecule has 0 aliphatic rings. The van der Waals surface area contributed by atoms with E-state index in [0.29, 0.717) is 0 Å². The molecular weight excluding hydrogens is 238 g/mol. The zero-order chi connectivity index (χ0) is 13.7. The first-order valence-corrected chi connectivity index (χ1v) is 5.35. The Morgan fingerprint density at radius 2 is 1.94 bits per heavy atom. The number of methoxy groups -OCH3 is 2. The van der Waals surface area contributed by atoms with Gasteiger partial charge in [0.05, 0.1) is 10.8 Å². The van der Waals surface area contributed by atoms with Crippen molar-refractivity contribution >= 4 is 11.5 Å². The van der Waals surface area contributed by atoms with E-state index < -0.39 is 17.1 Å². The van der Waals surface area contributed by atoms with Gasteiger partial charge in [-0.1, -0.05) is 19.1 Å². The molecule has 0 spiro atoms. The van der Waals surface area contributed by atoms with Crippen molar-refractivity contribution in [2.45, 2.75) is 13.2 Å². The predicted octanol–water partition coefficient (Wildman–Crippen LogP) is 2.03. The lowest BCUT2D eigenvalue weighted by Gasteiger charge is -2.19. The first-order valence-electron chi connectivity index (χ1n) is 5.35. The Kier molecular flexibility index (Phi) is 4.94. The quantitative estimate of drug-likeness (QED) is 0.335. The SMILES string of the molecule is COC(OC)C(C)C(=O)c1cccc([N+](=O)[O-])c1. The van der Waals surface area contributed by atoms with E-state index in [4.69, 9.17) is 9.47 Å². The second-order valence-corrected chi connectivity index (χ2v) is 3.80. The standard InChI is InChI=1S/C12H15NO5/c1-8(12(17-2)18-3)11(14)9-5-4-6-10(7-9)13(15)16/h4-8,12H,1-3H3. The predicted molar refractivity (Wildman–Crippen MR) is 64.4 cm³/mol. The summed E-state index contributed by atoms with van der Waals surface area (Å²) in [5.41, 5.74) is 0.162. The fourth-order valence-electron chi connectivity index (χ4n) is 1.66. The van der Waals surface area contributed by atoms with Gasteiger partial charge in [0.25, 0.3) is 5.69 Å². The van der Waals surface area contributed by atoms with Crippen LogP contribution in [0.1, 0.15) is 17.3 Å². The number of nitro groups is 1. The van der Waals surface area contributed by atoms with Crippen LogP contribution in [0.3, 0.4) is 0 Å².